The third-order valence-electron chi connectivity index (χ3n) is 4.74. The number of aliphatic carboxylic acids is 1. The third-order valence-corrected chi connectivity index (χ3v) is 4.74. The van der Waals surface area contributed by atoms with Gasteiger partial charge in [0.2, 0.25) is 0 Å². The van der Waals surface area contributed by atoms with E-state index >= 15 is 0 Å². The van der Waals surface area contributed by atoms with Gasteiger partial charge in [-0.1, -0.05) is 48.5 Å². The Balaban J connectivity index is 1.87. The van der Waals surface area contributed by atoms with E-state index in [9.17, 15) is 14.7 Å². The summed E-state index contributed by atoms with van der Waals surface area (Å²) in [5.74, 6) is -1.59. The summed E-state index contributed by atoms with van der Waals surface area (Å²) < 4.78 is 5.53. The topological polar surface area (TPSA) is 70.8 Å². The molecule has 2 heterocycles. The molecule has 0 fully saturated rings. The van der Waals surface area contributed by atoms with Crippen LogP contribution in [0.3, 0.4) is 0 Å². The predicted molar refractivity (Wildman–Crippen MR) is 94.6 cm³/mol. The van der Waals surface area contributed by atoms with Gasteiger partial charge in [-0.15, -0.1) is 0 Å². The third kappa shape index (κ3) is 2.67. The van der Waals surface area contributed by atoms with Crippen LogP contribution in [0, 0.1) is 0 Å². The van der Waals surface area contributed by atoms with Crippen LogP contribution in [0.1, 0.15) is 39.2 Å². The molecule has 1 aliphatic rings. The fraction of sp³-hybridized carbons (Fsp3) is 0.143. The minimum Gasteiger partial charge on any atom is -0.481 e. The lowest BCUT2D eigenvalue weighted by Gasteiger charge is -2.39. The molecule has 3 aromatic rings. The highest BCUT2D eigenvalue weighted by atomic mass is 16.4. The van der Waals surface area contributed by atoms with Crippen LogP contribution in [-0.2, 0) is 11.3 Å². The predicted octanol–water partition coefficient (Wildman–Crippen LogP) is 3.85. The molecule has 0 radical (unpaired) electrons. The molecule has 0 spiro atoms. The lowest BCUT2D eigenvalue weighted by atomic mass is 9.81. The second kappa shape index (κ2) is 6.52. The van der Waals surface area contributed by atoms with Crippen molar-refractivity contribution in [1.29, 1.82) is 0 Å². The van der Waals surface area contributed by atoms with E-state index in [-0.39, 0.29) is 5.91 Å². The molecule has 2 atom stereocenters. The standard InChI is InChI=1S/C21H17NO4/c23-20-16-10-5-4-9-15(16)18(21(24)25)19(17-11-6-12-26-17)22(20)13-14-7-2-1-3-8-14/h1-12,18-19H,13H2,(H,24,25)/t18-,19+/m0/s1. The van der Waals surface area contributed by atoms with Crippen LogP contribution in [0.15, 0.2) is 77.4 Å². The highest BCUT2D eigenvalue weighted by molar-refractivity contribution is 6.00. The van der Waals surface area contributed by atoms with Gasteiger partial charge in [-0.05, 0) is 29.3 Å². The summed E-state index contributed by atoms with van der Waals surface area (Å²) in [7, 11) is 0. The Labute approximate surface area is 150 Å². The average Bonchev–Trinajstić information content (AvgIpc) is 3.18. The molecule has 5 heteroatoms. The summed E-state index contributed by atoms with van der Waals surface area (Å²) in [6.07, 6.45) is 1.50. The summed E-state index contributed by atoms with van der Waals surface area (Å²) >= 11 is 0. The van der Waals surface area contributed by atoms with Crippen LogP contribution in [-0.4, -0.2) is 21.9 Å². The van der Waals surface area contributed by atoms with Gasteiger partial charge in [0.25, 0.3) is 5.91 Å². The van der Waals surface area contributed by atoms with E-state index in [2.05, 4.69) is 0 Å². The number of rotatable bonds is 4. The van der Waals surface area contributed by atoms with Gasteiger partial charge in [-0.25, -0.2) is 0 Å². The average molecular weight is 347 g/mol. The first-order chi connectivity index (χ1) is 12.7. The summed E-state index contributed by atoms with van der Waals surface area (Å²) in [4.78, 5) is 26.9. The van der Waals surface area contributed by atoms with E-state index < -0.39 is 17.9 Å². The van der Waals surface area contributed by atoms with Crippen LogP contribution in [0.5, 0.6) is 0 Å². The van der Waals surface area contributed by atoms with Crippen molar-refractivity contribution in [3.8, 4) is 0 Å². The molecule has 130 valence electrons. The second-order valence-corrected chi connectivity index (χ2v) is 6.28. The normalized spacial score (nSPS) is 19.2. The summed E-state index contributed by atoms with van der Waals surface area (Å²) in [6.45, 7) is 0.309. The molecule has 1 aliphatic heterocycles. The number of furan rings is 1. The Kier molecular flexibility index (Phi) is 4.05. The highest BCUT2D eigenvalue weighted by Crippen LogP contribution is 2.43. The van der Waals surface area contributed by atoms with Crippen LogP contribution in [0.25, 0.3) is 0 Å². The smallest absolute Gasteiger partial charge is 0.313 e. The van der Waals surface area contributed by atoms with Gasteiger partial charge in [-0.3, -0.25) is 9.59 Å². The fourth-order valence-electron chi connectivity index (χ4n) is 3.59. The Morgan fingerprint density at radius 2 is 1.73 bits per heavy atom. The molecule has 1 aromatic heterocycles. The number of carboxylic acids is 1. The van der Waals surface area contributed by atoms with E-state index in [0.29, 0.717) is 23.4 Å². The maximum Gasteiger partial charge on any atom is 0.313 e. The van der Waals surface area contributed by atoms with E-state index in [1.54, 1.807) is 41.3 Å². The second-order valence-electron chi connectivity index (χ2n) is 6.28. The quantitative estimate of drug-likeness (QED) is 0.778. The number of carboxylic acid groups (broad SMARTS) is 1. The Hall–Kier alpha value is -3.34. The Morgan fingerprint density at radius 1 is 1.00 bits per heavy atom. The molecule has 26 heavy (non-hydrogen) atoms. The molecule has 0 saturated carbocycles. The monoisotopic (exact) mass is 347 g/mol. The first-order valence-electron chi connectivity index (χ1n) is 8.37. The van der Waals surface area contributed by atoms with Gasteiger partial charge >= 0.3 is 5.97 Å². The summed E-state index contributed by atoms with van der Waals surface area (Å²) in [6, 6.07) is 19.2. The SMILES string of the molecule is O=C(O)[C@H]1c2ccccc2C(=O)N(Cc2ccccc2)[C@@H]1c1ccco1. The van der Waals surface area contributed by atoms with Gasteiger partial charge in [0, 0.05) is 12.1 Å². The van der Waals surface area contributed by atoms with Crippen molar-refractivity contribution in [3.05, 3.63) is 95.4 Å². The van der Waals surface area contributed by atoms with Gasteiger partial charge in [0.05, 0.1) is 6.26 Å². The van der Waals surface area contributed by atoms with Crippen LogP contribution < -0.4 is 0 Å². The first-order valence-corrected chi connectivity index (χ1v) is 8.37. The number of hydrogen-bond acceptors (Lipinski definition) is 3. The minimum absolute atomic E-state index is 0.191. The van der Waals surface area contributed by atoms with Gasteiger partial charge in [0.15, 0.2) is 0 Å². The van der Waals surface area contributed by atoms with E-state index in [1.165, 1.54) is 6.26 Å². The lowest BCUT2D eigenvalue weighted by molar-refractivity contribution is -0.141. The molecular weight excluding hydrogens is 330 g/mol. The first kappa shape index (κ1) is 16.1. The van der Waals surface area contributed by atoms with E-state index in [0.717, 1.165) is 5.56 Å². The van der Waals surface area contributed by atoms with Crippen LogP contribution in [0.4, 0.5) is 0 Å². The molecule has 0 saturated heterocycles. The van der Waals surface area contributed by atoms with E-state index in [1.807, 2.05) is 30.3 Å². The van der Waals surface area contributed by atoms with Crippen molar-refractivity contribution in [2.45, 2.75) is 18.5 Å². The molecule has 1 N–H and O–H groups in total. The summed E-state index contributed by atoms with van der Waals surface area (Å²) in [5.41, 5.74) is 1.88. The number of fused-ring (bicyclic) bond motifs is 1. The molecule has 1 amide bonds. The number of nitrogens with zero attached hydrogens (tertiary/aromatic N) is 1. The zero-order chi connectivity index (χ0) is 18.1. The number of amides is 1. The van der Waals surface area contributed by atoms with Crippen LogP contribution in [0.2, 0.25) is 0 Å². The van der Waals surface area contributed by atoms with Crippen molar-refractivity contribution >= 4 is 11.9 Å². The maximum absolute atomic E-state index is 13.2. The van der Waals surface area contributed by atoms with Crippen molar-refractivity contribution in [2.75, 3.05) is 0 Å². The number of carbonyl (C=O) groups excluding carboxylic acids is 1. The summed E-state index contributed by atoms with van der Waals surface area (Å²) in [5, 5.41) is 9.94. The lowest BCUT2D eigenvalue weighted by Crippen LogP contribution is -2.44. The van der Waals surface area contributed by atoms with Gasteiger partial charge in [0.1, 0.15) is 17.7 Å². The molecule has 4 rings (SSSR count). The number of hydrogen-bond donors (Lipinski definition) is 1. The molecule has 0 bridgehead atoms. The largest absolute Gasteiger partial charge is 0.481 e. The van der Waals surface area contributed by atoms with E-state index in [4.69, 9.17) is 4.42 Å². The zero-order valence-electron chi connectivity index (χ0n) is 13.9. The Bertz CT molecular complexity index is 934. The maximum atomic E-state index is 13.2. The van der Waals surface area contributed by atoms with Crippen molar-refractivity contribution in [1.82, 2.24) is 4.90 Å². The molecule has 0 unspecified atom stereocenters. The van der Waals surface area contributed by atoms with Crippen molar-refractivity contribution in [3.63, 3.8) is 0 Å². The minimum atomic E-state index is -0.982. The Morgan fingerprint density at radius 3 is 2.42 bits per heavy atom. The number of benzene rings is 2. The van der Waals surface area contributed by atoms with Crippen molar-refractivity contribution in [2.24, 2.45) is 0 Å². The highest BCUT2D eigenvalue weighted by Gasteiger charge is 2.45. The van der Waals surface area contributed by atoms with Crippen molar-refractivity contribution < 1.29 is 19.1 Å². The molecular formula is C21H17NO4. The van der Waals surface area contributed by atoms with Gasteiger partial charge < -0.3 is 14.4 Å². The zero-order valence-corrected chi connectivity index (χ0v) is 13.9. The molecule has 2 aromatic carbocycles. The van der Waals surface area contributed by atoms with Gasteiger partial charge in [-0.2, -0.15) is 0 Å². The fourth-order valence-corrected chi connectivity index (χ4v) is 3.59. The molecule has 5 nitrogen and oxygen atoms in total. The molecule has 0 aliphatic carbocycles. The van der Waals surface area contributed by atoms with Crippen LogP contribution >= 0.6 is 0 Å². The number of carbonyl (C=O) groups is 2.